The van der Waals surface area contributed by atoms with Gasteiger partial charge in [-0.25, -0.2) is 9.97 Å². The van der Waals surface area contributed by atoms with Gasteiger partial charge in [0.05, 0.1) is 16.6 Å². The number of amides is 2. The number of nitrogens with one attached hydrogen (secondary N) is 2. The SMILES string of the molecule is Cc1nc2cc(C(=O)NNC(=O)c3ccc4ccccc4n3)ccc2n1-c1ccccc1. The lowest BCUT2D eigenvalue weighted by molar-refractivity contribution is 0.0844. The van der Waals surface area contributed by atoms with Crippen molar-refractivity contribution in [2.24, 2.45) is 0 Å². The Morgan fingerprint density at radius 3 is 2.34 bits per heavy atom. The van der Waals surface area contributed by atoms with Gasteiger partial charge in [-0.05, 0) is 49.4 Å². The first-order valence-corrected chi connectivity index (χ1v) is 10.1. The maximum absolute atomic E-state index is 12.6. The molecule has 5 aromatic rings. The molecule has 0 unspecified atom stereocenters. The molecule has 2 N–H and O–H groups in total. The van der Waals surface area contributed by atoms with E-state index in [9.17, 15) is 9.59 Å². The highest BCUT2D eigenvalue weighted by atomic mass is 16.2. The van der Waals surface area contributed by atoms with Crippen LogP contribution in [-0.4, -0.2) is 26.3 Å². The van der Waals surface area contributed by atoms with E-state index in [0.717, 1.165) is 22.4 Å². The van der Waals surface area contributed by atoms with Gasteiger partial charge in [-0.15, -0.1) is 0 Å². The van der Waals surface area contributed by atoms with Crippen LogP contribution in [-0.2, 0) is 0 Å². The first kappa shape index (κ1) is 19.4. The summed E-state index contributed by atoms with van der Waals surface area (Å²) in [5, 5.41) is 0.937. The summed E-state index contributed by atoms with van der Waals surface area (Å²) in [6, 6.07) is 26.1. The average molecular weight is 421 g/mol. The molecule has 0 radical (unpaired) electrons. The van der Waals surface area contributed by atoms with E-state index >= 15 is 0 Å². The molecule has 5 rings (SSSR count). The van der Waals surface area contributed by atoms with Gasteiger partial charge in [-0.3, -0.25) is 25.0 Å². The molecule has 32 heavy (non-hydrogen) atoms. The van der Waals surface area contributed by atoms with E-state index < -0.39 is 11.8 Å². The molecule has 156 valence electrons. The summed E-state index contributed by atoms with van der Waals surface area (Å²) in [4.78, 5) is 34.0. The lowest BCUT2D eigenvalue weighted by Crippen LogP contribution is -2.41. The van der Waals surface area contributed by atoms with Gasteiger partial charge in [0.1, 0.15) is 11.5 Å². The summed E-state index contributed by atoms with van der Waals surface area (Å²) in [7, 11) is 0. The topological polar surface area (TPSA) is 88.9 Å². The maximum atomic E-state index is 12.6. The summed E-state index contributed by atoms with van der Waals surface area (Å²) in [6.45, 7) is 1.92. The van der Waals surface area contributed by atoms with Crippen molar-refractivity contribution in [3.63, 3.8) is 0 Å². The number of hydrogen-bond donors (Lipinski definition) is 2. The largest absolute Gasteiger partial charge is 0.297 e. The molecule has 7 heteroatoms. The van der Waals surface area contributed by atoms with Gasteiger partial charge < -0.3 is 0 Å². The van der Waals surface area contributed by atoms with E-state index in [1.807, 2.05) is 78.2 Å². The van der Waals surface area contributed by atoms with Gasteiger partial charge in [0, 0.05) is 16.6 Å². The minimum atomic E-state index is -0.491. The number of fused-ring (bicyclic) bond motifs is 2. The smallest absolute Gasteiger partial charge is 0.288 e. The molecule has 0 saturated heterocycles. The molecule has 2 heterocycles. The van der Waals surface area contributed by atoms with Crippen molar-refractivity contribution in [1.82, 2.24) is 25.4 Å². The van der Waals surface area contributed by atoms with Crippen molar-refractivity contribution < 1.29 is 9.59 Å². The van der Waals surface area contributed by atoms with Crippen molar-refractivity contribution in [2.75, 3.05) is 0 Å². The zero-order valence-electron chi connectivity index (χ0n) is 17.2. The summed E-state index contributed by atoms with van der Waals surface area (Å²) in [5.74, 6) is -0.109. The number of imidazole rings is 1. The van der Waals surface area contributed by atoms with E-state index in [1.165, 1.54) is 0 Å². The maximum Gasteiger partial charge on any atom is 0.288 e. The molecule has 7 nitrogen and oxygen atoms in total. The predicted octanol–water partition coefficient (Wildman–Crippen LogP) is 3.96. The summed E-state index contributed by atoms with van der Waals surface area (Å²) in [5.41, 5.74) is 8.79. The Morgan fingerprint density at radius 1 is 0.750 bits per heavy atom. The zero-order valence-corrected chi connectivity index (χ0v) is 17.2. The number of hydrazine groups is 1. The molecule has 0 aliphatic carbocycles. The third kappa shape index (κ3) is 3.56. The molecule has 2 aromatic heterocycles. The highest BCUT2D eigenvalue weighted by Gasteiger charge is 2.14. The summed E-state index contributed by atoms with van der Waals surface area (Å²) in [6.07, 6.45) is 0. The molecule has 0 bridgehead atoms. The van der Waals surface area contributed by atoms with Crippen LogP contribution in [0.25, 0.3) is 27.6 Å². The Kier molecular flexibility index (Phi) is 4.84. The Bertz CT molecular complexity index is 1470. The minimum absolute atomic E-state index is 0.219. The molecular weight excluding hydrogens is 402 g/mol. The molecular formula is C25H19N5O2. The fourth-order valence-electron chi connectivity index (χ4n) is 3.69. The van der Waals surface area contributed by atoms with Gasteiger partial charge in [-0.2, -0.15) is 0 Å². The van der Waals surface area contributed by atoms with Crippen molar-refractivity contribution in [2.45, 2.75) is 6.92 Å². The summed E-state index contributed by atoms with van der Waals surface area (Å²) >= 11 is 0. The molecule has 0 saturated carbocycles. The number of hydrogen-bond acceptors (Lipinski definition) is 4. The van der Waals surface area contributed by atoms with Crippen LogP contribution >= 0.6 is 0 Å². The number of pyridine rings is 1. The van der Waals surface area contributed by atoms with Crippen molar-refractivity contribution >= 4 is 33.8 Å². The van der Waals surface area contributed by atoms with Crippen LogP contribution < -0.4 is 10.9 Å². The monoisotopic (exact) mass is 421 g/mol. The van der Waals surface area contributed by atoms with E-state index in [-0.39, 0.29) is 5.69 Å². The highest BCUT2D eigenvalue weighted by molar-refractivity contribution is 6.00. The van der Waals surface area contributed by atoms with Gasteiger partial charge in [0.2, 0.25) is 0 Å². The van der Waals surface area contributed by atoms with Gasteiger partial charge in [0.15, 0.2) is 0 Å². The number of aromatic nitrogens is 3. The van der Waals surface area contributed by atoms with Crippen LogP contribution in [0.3, 0.4) is 0 Å². The second kappa shape index (κ2) is 7.96. The van der Waals surface area contributed by atoms with Crippen molar-refractivity contribution in [3.8, 4) is 5.69 Å². The Hall–Kier alpha value is -4.52. The zero-order chi connectivity index (χ0) is 22.1. The van der Waals surface area contributed by atoms with Crippen LogP contribution in [0.4, 0.5) is 0 Å². The second-order valence-electron chi connectivity index (χ2n) is 7.33. The lowest BCUT2D eigenvalue weighted by atomic mass is 10.2. The fraction of sp³-hybridized carbons (Fsp3) is 0.0400. The van der Waals surface area contributed by atoms with Crippen LogP contribution in [0.2, 0.25) is 0 Å². The first-order valence-electron chi connectivity index (χ1n) is 10.1. The molecule has 0 aliphatic rings. The number of benzene rings is 3. The standard InChI is InChI=1S/C25H19N5O2/c1-16-26-22-15-18(12-14-23(22)30(16)19-8-3-2-4-9-19)24(31)28-29-25(32)21-13-11-17-7-5-6-10-20(17)27-21/h2-15H,1H3,(H,28,31)(H,29,32). The second-order valence-corrected chi connectivity index (χ2v) is 7.33. The number of carbonyl (C=O) groups excluding carboxylic acids is 2. The van der Waals surface area contributed by atoms with Crippen LogP contribution in [0.1, 0.15) is 26.7 Å². The van der Waals surface area contributed by atoms with E-state index in [0.29, 0.717) is 16.6 Å². The molecule has 3 aromatic carbocycles. The van der Waals surface area contributed by atoms with Gasteiger partial charge >= 0.3 is 0 Å². The quantitative estimate of drug-likeness (QED) is 0.432. The summed E-state index contributed by atoms with van der Waals surface area (Å²) < 4.78 is 2.03. The van der Waals surface area contributed by atoms with E-state index in [2.05, 4.69) is 20.8 Å². The molecule has 0 spiro atoms. The van der Waals surface area contributed by atoms with Crippen molar-refractivity contribution in [1.29, 1.82) is 0 Å². The van der Waals surface area contributed by atoms with Gasteiger partial charge in [0.25, 0.3) is 11.8 Å². The molecule has 2 amide bonds. The van der Waals surface area contributed by atoms with E-state index in [4.69, 9.17) is 0 Å². The van der Waals surface area contributed by atoms with E-state index in [1.54, 1.807) is 18.2 Å². The van der Waals surface area contributed by atoms with Gasteiger partial charge in [-0.1, -0.05) is 42.5 Å². The predicted molar refractivity (Wildman–Crippen MR) is 122 cm³/mol. The molecule has 0 fully saturated rings. The Balaban J connectivity index is 1.34. The van der Waals surface area contributed by atoms with Crippen LogP contribution in [0, 0.1) is 6.92 Å². The Labute approximate surface area is 183 Å². The lowest BCUT2D eigenvalue weighted by Gasteiger charge is -2.09. The van der Waals surface area contributed by atoms with Crippen LogP contribution in [0.15, 0.2) is 84.9 Å². The molecule has 0 atom stereocenters. The number of para-hydroxylation sites is 2. The first-order chi connectivity index (χ1) is 15.6. The fourth-order valence-corrected chi connectivity index (χ4v) is 3.69. The van der Waals surface area contributed by atoms with Crippen molar-refractivity contribution in [3.05, 3.63) is 102 Å². The number of aryl methyl sites for hydroxylation is 1. The average Bonchev–Trinajstić information content (AvgIpc) is 3.17. The Morgan fingerprint density at radius 2 is 1.50 bits per heavy atom. The highest BCUT2D eigenvalue weighted by Crippen LogP contribution is 2.22. The third-order valence-electron chi connectivity index (χ3n) is 5.22. The van der Waals surface area contributed by atoms with Crippen LogP contribution in [0.5, 0.6) is 0 Å². The normalized spacial score (nSPS) is 10.9. The molecule has 0 aliphatic heterocycles. The number of nitrogens with zero attached hydrogens (tertiary/aromatic N) is 3. The third-order valence-corrected chi connectivity index (χ3v) is 5.22. The number of rotatable bonds is 3. The number of carbonyl (C=O) groups is 2. The minimum Gasteiger partial charge on any atom is -0.297 e.